The van der Waals surface area contributed by atoms with Crippen molar-refractivity contribution in [2.24, 2.45) is 0 Å². The molecular formula is C43H44F4N4O10S2. The molecule has 2 fully saturated rings. The van der Waals surface area contributed by atoms with Crippen molar-refractivity contribution in [2.75, 3.05) is 20.5 Å². The van der Waals surface area contributed by atoms with Gasteiger partial charge in [0.05, 0.1) is 22.2 Å². The van der Waals surface area contributed by atoms with Crippen LogP contribution in [0.3, 0.4) is 0 Å². The summed E-state index contributed by atoms with van der Waals surface area (Å²) in [4.78, 5) is 54.9. The van der Waals surface area contributed by atoms with Gasteiger partial charge in [0, 0.05) is 57.1 Å². The molecule has 2 spiro atoms. The standard InChI is InChI=1S/C20H18F2N2O4S.C18H16F2N2O3S.C4H6O3.CH4/c1-11(25)23-17-9-13(8-15-14(17)10-19(26)20(15)5-2-6-20)24-29(27,28)18-4-3-12(21)7-16(18)22;19-10-2-3-16(14(20)6-10)26(24,25)22-11-7-13-12(15(21)8-11)9-17(23)18(13)4-1-5-18;1-3(5)7-4(2)6;/h3-4,7-9,24H,2,5-6,10H2,1H3,(H,23,25);2-3,6-8,22H,1,4-5,9,21H2;1-2H3;1H4. The number of rotatable bonds is 7. The summed E-state index contributed by atoms with van der Waals surface area (Å²) in [6.07, 6.45) is 5.02. The molecule has 2 saturated carbocycles. The fraction of sp³-hybridized carbons (Fsp3) is 0.326. The summed E-state index contributed by atoms with van der Waals surface area (Å²) in [6.45, 7) is 3.68. The first kappa shape index (κ1) is 47.9. The Morgan fingerprint density at radius 3 is 1.41 bits per heavy atom. The van der Waals surface area contributed by atoms with Gasteiger partial charge in [-0.2, -0.15) is 0 Å². The number of carbonyl (C=O) groups excluding carboxylic acids is 5. The Bertz CT molecular complexity index is 2780. The number of anilines is 4. The number of nitrogens with two attached hydrogens (primary N) is 1. The fourth-order valence-corrected chi connectivity index (χ4v) is 10.4. The highest BCUT2D eigenvalue weighted by Crippen LogP contribution is 2.54. The molecule has 63 heavy (non-hydrogen) atoms. The Kier molecular flexibility index (Phi) is 13.6. The number of halogens is 4. The van der Waals surface area contributed by atoms with Crippen LogP contribution in [0.4, 0.5) is 40.3 Å². The molecule has 8 rings (SSSR count). The van der Waals surface area contributed by atoms with E-state index in [4.69, 9.17) is 5.73 Å². The molecule has 336 valence electrons. The number of ether oxygens (including phenoxy) is 1. The van der Waals surface area contributed by atoms with Crippen LogP contribution in [0.2, 0.25) is 0 Å². The first-order valence-corrected chi connectivity index (χ1v) is 22.0. The summed E-state index contributed by atoms with van der Waals surface area (Å²) < 4.78 is 113. The minimum atomic E-state index is -4.35. The molecular weight excluding hydrogens is 873 g/mol. The molecule has 4 aliphatic carbocycles. The van der Waals surface area contributed by atoms with Gasteiger partial charge < -0.3 is 15.8 Å². The SMILES string of the molecule is C.CC(=O)Nc1cc(NS(=O)(=O)c2ccc(F)cc2F)cc2c1CC(=O)C21CCC1.CC(=O)OC(C)=O.Nc1cc(NS(=O)(=O)c2ccc(F)cc2F)cc2c1CC(=O)C21CCC1. The molecule has 0 aliphatic heterocycles. The summed E-state index contributed by atoms with van der Waals surface area (Å²) in [6, 6.07) is 10.4. The molecule has 0 radical (unpaired) electrons. The van der Waals surface area contributed by atoms with Gasteiger partial charge in [-0.25, -0.2) is 34.4 Å². The van der Waals surface area contributed by atoms with E-state index < -0.39 is 75.9 Å². The monoisotopic (exact) mass is 916 g/mol. The molecule has 0 aromatic heterocycles. The molecule has 4 aliphatic rings. The van der Waals surface area contributed by atoms with Crippen LogP contribution in [0, 0.1) is 23.3 Å². The average molecular weight is 917 g/mol. The van der Waals surface area contributed by atoms with E-state index in [-0.39, 0.29) is 49.1 Å². The molecule has 0 heterocycles. The summed E-state index contributed by atoms with van der Waals surface area (Å²) in [7, 11) is -8.62. The minimum absolute atomic E-state index is 0. The lowest BCUT2D eigenvalue weighted by atomic mass is 9.64. The van der Waals surface area contributed by atoms with Gasteiger partial charge in [0.15, 0.2) is 0 Å². The van der Waals surface area contributed by atoms with Crippen molar-refractivity contribution in [3.8, 4) is 0 Å². The topological polar surface area (TPSA) is 225 Å². The highest BCUT2D eigenvalue weighted by Gasteiger charge is 2.52. The number of sulfonamides is 2. The van der Waals surface area contributed by atoms with Gasteiger partial charge in [-0.1, -0.05) is 20.3 Å². The third-order valence-electron chi connectivity index (χ3n) is 11.2. The molecule has 20 heteroatoms. The van der Waals surface area contributed by atoms with E-state index in [1.54, 1.807) is 12.1 Å². The number of fused-ring (bicyclic) bond motifs is 4. The number of amides is 1. The van der Waals surface area contributed by atoms with Crippen LogP contribution in [0.1, 0.15) is 89.0 Å². The lowest BCUT2D eigenvalue weighted by Gasteiger charge is -2.37. The summed E-state index contributed by atoms with van der Waals surface area (Å²) in [5, 5.41) is 2.65. The van der Waals surface area contributed by atoms with Crippen LogP contribution in [0.25, 0.3) is 0 Å². The van der Waals surface area contributed by atoms with E-state index >= 15 is 0 Å². The van der Waals surface area contributed by atoms with Crippen LogP contribution >= 0.6 is 0 Å². The largest absolute Gasteiger partial charge is 0.398 e. The Morgan fingerprint density at radius 1 is 0.635 bits per heavy atom. The summed E-state index contributed by atoms with van der Waals surface area (Å²) in [5.74, 6) is -5.49. The number of carbonyl (C=O) groups is 5. The van der Waals surface area contributed by atoms with Gasteiger partial charge in [0.1, 0.15) is 44.6 Å². The Morgan fingerprint density at radius 2 is 1.05 bits per heavy atom. The maximum atomic E-state index is 14.0. The second kappa shape index (κ2) is 17.9. The van der Waals surface area contributed by atoms with Crippen LogP contribution < -0.4 is 20.5 Å². The van der Waals surface area contributed by atoms with E-state index in [0.29, 0.717) is 47.5 Å². The zero-order chi connectivity index (χ0) is 45.5. The van der Waals surface area contributed by atoms with Crippen molar-refractivity contribution < 1.29 is 63.1 Å². The lowest BCUT2D eigenvalue weighted by molar-refractivity contribution is -0.156. The highest BCUT2D eigenvalue weighted by molar-refractivity contribution is 7.93. The third-order valence-corrected chi connectivity index (χ3v) is 14.0. The van der Waals surface area contributed by atoms with Crippen molar-refractivity contribution in [1.29, 1.82) is 0 Å². The first-order chi connectivity index (χ1) is 29.0. The van der Waals surface area contributed by atoms with Gasteiger partial charge in [0.25, 0.3) is 20.0 Å². The first-order valence-electron chi connectivity index (χ1n) is 19.1. The van der Waals surface area contributed by atoms with Crippen LogP contribution in [0.5, 0.6) is 0 Å². The van der Waals surface area contributed by atoms with Crippen molar-refractivity contribution >= 4 is 72.2 Å². The second-order valence-corrected chi connectivity index (χ2v) is 18.6. The number of esters is 2. The molecule has 0 saturated heterocycles. The van der Waals surface area contributed by atoms with Gasteiger partial charge in [-0.05, 0) is 96.5 Å². The number of hydrogen-bond acceptors (Lipinski definition) is 11. The molecule has 5 N–H and O–H groups in total. The van der Waals surface area contributed by atoms with Gasteiger partial charge >= 0.3 is 11.9 Å². The molecule has 0 atom stereocenters. The predicted molar refractivity (Wildman–Crippen MR) is 224 cm³/mol. The number of nitrogens with one attached hydrogen (secondary N) is 3. The summed E-state index contributed by atoms with van der Waals surface area (Å²) >= 11 is 0. The Hall–Kier alpha value is -6.15. The molecule has 4 aromatic rings. The third kappa shape index (κ3) is 9.61. The average Bonchev–Trinajstić information content (AvgIpc) is 3.58. The smallest absolute Gasteiger partial charge is 0.310 e. The number of Topliss-reactive ketones (excluding diaryl/α,β-unsaturated/α-hetero) is 2. The number of ketones is 2. The minimum Gasteiger partial charge on any atom is -0.398 e. The van der Waals surface area contributed by atoms with E-state index in [9.17, 15) is 58.4 Å². The molecule has 4 aromatic carbocycles. The van der Waals surface area contributed by atoms with Crippen molar-refractivity contribution in [3.05, 3.63) is 106 Å². The fourth-order valence-electron chi connectivity index (χ4n) is 8.15. The Labute approximate surface area is 361 Å². The lowest BCUT2D eigenvalue weighted by Crippen LogP contribution is -2.39. The van der Waals surface area contributed by atoms with Crippen molar-refractivity contribution in [3.63, 3.8) is 0 Å². The maximum absolute atomic E-state index is 14.0. The normalized spacial score (nSPS) is 16.0. The molecule has 0 bridgehead atoms. The van der Waals surface area contributed by atoms with E-state index in [1.165, 1.54) is 32.9 Å². The van der Waals surface area contributed by atoms with Crippen LogP contribution in [-0.4, -0.2) is 46.2 Å². The number of benzene rings is 4. The van der Waals surface area contributed by atoms with Crippen LogP contribution in [-0.2, 0) is 72.4 Å². The van der Waals surface area contributed by atoms with E-state index in [1.807, 2.05) is 0 Å². The molecule has 1 amide bonds. The van der Waals surface area contributed by atoms with Crippen molar-refractivity contribution in [2.45, 2.75) is 100 Å². The number of hydrogen-bond donors (Lipinski definition) is 4. The van der Waals surface area contributed by atoms with E-state index in [0.717, 1.165) is 61.1 Å². The highest BCUT2D eigenvalue weighted by atomic mass is 32.2. The van der Waals surface area contributed by atoms with Gasteiger partial charge in [-0.15, -0.1) is 0 Å². The van der Waals surface area contributed by atoms with Gasteiger partial charge in [0.2, 0.25) is 5.91 Å². The Balaban J connectivity index is 0.000000205. The molecule has 14 nitrogen and oxygen atoms in total. The number of nitrogen functional groups attached to an aromatic ring is 1. The van der Waals surface area contributed by atoms with Gasteiger partial charge in [-0.3, -0.25) is 33.4 Å². The second-order valence-electron chi connectivity index (χ2n) is 15.3. The van der Waals surface area contributed by atoms with Crippen molar-refractivity contribution in [1.82, 2.24) is 0 Å². The predicted octanol–water partition coefficient (Wildman–Crippen LogP) is 6.90. The van der Waals surface area contributed by atoms with E-state index in [2.05, 4.69) is 19.5 Å². The molecule has 0 unspecified atom stereocenters. The zero-order valence-electron chi connectivity index (χ0n) is 33.4. The zero-order valence-corrected chi connectivity index (χ0v) is 35.1. The summed E-state index contributed by atoms with van der Waals surface area (Å²) in [5.41, 5.74) is 8.63. The quantitative estimate of drug-likeness (QED) is 0.0646. The van der Waals surface area contributed by atoms with Crippen LogP contribution in [0.15, 0.2) is 70.5 Å². The maximum Gasteiger partial charge on any atom is 0.310 e.